The summed E-state index contributed by atoms with van der Waals surface area (Å²) < 4.78 is 0. The fourth-order valence-electron chi connectivity index (χ4n) is 3.87. The van der Waals surface area contributed by atoms with Crippen LogP contribution in [0.25, 0.3) is 10.8 Å². The zero-order valence-electron chi connectivity index (χ0n) is 16.9. The van der Waals surface area contributed by atoms with Gasteiger partial charge in [0.25, 0.3) is 5.91 Å². The molecule has 0 saturated carbocycles. The summed E-state index contributed by atoms with van der Waals surface area (Å²) in [5.74, 6) is -1.20. The SMILES string of the molecule is C=CC(=O)NCC(NC(=O)C1CNC(=O)c2ccccc21)c1ccc2ccccc2c1. The van der Waals surface area contributed by atoms with Crippen LogP contribution in [-0.4, -0.2) is 30.8 Å². The minimum absolute atomic E-state index is 0.177. The van der Waals surface area contributed by atoms with E-state index in [-0.39, 0.29) is 30.8 Å². The van der Waals surface area contributed by atoms with E-state index in [4.69, 9.17) is 0 Å². The van der Waals surface area contributed by atoms with E-state index < -0.39 is 12.0 Å². The lowest BCUT2D eigenvalue weighted by molar-refractivity contribution is -0.123. The van der Waals surface area contributed by atoms with Crippen molar-refractivity contribution in [2.24, 2.45) is 0 Å². The number of fused-ring (bicyclic) bond motifs is 2. The number of hydrogen-bond donors (Lipinski definition) is 3. The molecule has 156 valence electrons. The van der Waals surface area contributed by atoms with Crippen molar-refractivity contribution in [1.82, 2.24) is 16.0 Å². The van der Waals surface area contributed by atoms with Gasteiger partial charge >= 0.3 is 0 Å². The van der Waals surface area contributed by atoms with Crippen molar-refractivity contribution in [3.8, 4) is 0 Å². The summed E-state index contributed by atoms with van der Waals surface area (Å²) in [5.41, 5.74) is 2.09. The van der Waals surface area contributed by atoms with Crippen molar-refractivity contribution >= 4 is 28.5 Å². The molecule has 3 aromatic carbocycles. The van der Waals surface area contributed by atoms with Crippen LogP contribution in [0.1, 0.15) is 33.4 Å². The van der Waals surface area contributed by atoms with Gasteiger partial charge in [0.05, 0.1) is 12.0 Å². The van der Waals surface area contributed by atoms with Gasteiger partial charge in [-0.2, -0.15) is 0 Å². The Morgan fingerprint density at radius 3 is 2.61 bits per heavy atom. The lowest BCUT2D eigenvalue weighted by Gasteiger charge is -2.27. The van der Waals surface area contributed by atoms with E-state index in [0.29, 0.717) is 11.1 Å². The zero-order chi connectivity index (χ0) is 21.8. The molecule has 0 aliphatic carbocycles. The first-order valence-electron chi connectivity index (χ1n) is 10.1. The van der Waals surface area contributed by atoms with Crippen molar-refractivity contribution in [2.45, 2.75) is 12.0 Å². The van der Waals surface area contributed by atoms with Crippen LogP contribution in [0.4, 0.5) is 0 Å². The van der Waals surface area contributed by atoms with Crippen molar-refractivity contribution in [1.29, 1.82) is 0 Å². The first-order valence-corrected chi connectivity index (χ1v) is 10.1. The number of amides is 3. The molecule has 0 bridgehead atoms. The standard InChI is InChI=1S/C25H23N3O3/c1-2-23(29)26-15-22(18-12-11-16-7-3-4-8-17(16)13-18)28-25(31)21-14-27-24(30)20-10-6-5-9-19(20)21/h2-13,21-22H,1,14-15H2,(H,26,29)(H,27,30)(H,28,31). The summed E-state index contributed by atoms with van der Waals surface area (Å²) in [6.07, 6.45) is 1.20. The maximum Gasteiger partial charge on any atom is 0.251 e. The molecule has 3 amide bonds. The smallest absolute Gasteiger partial charge is 0.251 e. The Kier molecular flexibility index (Phi) is 5.80. The van der Waals surface area contributed by atoms with E-state index in [0.717, 1.165) is 16.3 Å². The Morgan fingerprint density at radius 1 is 1.06 bits per heavy atom. The molecule has 6 nitrogen and oxygen atoms in total. The van der Waals surface area contributed by atoms with Crippen molar-refractivity contribution in [3.63, 3.8) is 0 Å². The molecule has 0 spiro atoms. The fraction of sp³-hybridized carbons (Fsp3) is 0.160. The number of rotatable bonds is 6. The molecule has 2 unspecified atom stereocenters. The van der Waals surface area contributed by atoms with E-state index in [1.165, 1.54) is 6.08 Å². The third-order valence-corrected chi connectivity index (χ3v) is 5.52. The van der Waals surface area contributed by atoms with Gasteiger partial charge in [-0.3, -0.25) is 14.4 Å². The molecule has 1 aliphatic rings. The Labute approximate surface area is 180 Å². The average molecular weight is 413 g/mol. The van der Waals surface area contributed by atoms with Crippen molar-refractivity contribution in [2.75, 3.05) is 13.1 Å². The van der Waals surface area contributed by atoms with Gasteiger partial charge < -0.3 is 16.0 Å². The molecule has 3 aromatic rings. The van der Waals surface area contributed by atoms with Crippen LogP contribution in [-0.2, 0) is 9.59 Å². The van der Waals surface area contributed by atoms with E-state index in [1.807, 2.05) is 54.6 Å². The van der Waals surface area contributed by atoms with E-state index in [1.54, 1.807) is 12.1 Å². The van der Waals surface area contributed by atoms with Crippen LogP contribution >= 0.6 is 0 Å². The Balaban J connectivity index is 1.61. The van der Waals surface area contributed by atoms with Gasteiger partial charge in [-0.15, -0.1) is 0 Å². The fourth-order valence-corrected chi connectivity index (χ4v) is 3.87. The third-order valence-electron chi connectivity index (χ3n) is 5.52. The highest BCUT2D eigenvalue weighted by Crippen LogP contribution is 2.26. The van der Waals surface area contributed by atoms with Gasteiger partial charge in [0.15, 0.2) is 0 Å². The van der Waals surface area contributed by atoms with Crippen LogP contribution in [0, 0.1) is 0 Å². The first-order chi connectivity index (χ1) is 15.1. The number of nitrogens with one attached hydrogen (secondary N) is 3. The molecule has 3 N–H and O–H groups in total. The molecular weight excluding hydrogens is 390 g/mol. The molecule has 4 rings (SSSR count). The van der Waals surface area contributed by atoms with Gasteiger partial charge in [0.1, 0.15) is 0 Å². The predicted octanol–water partition coefficient (Wildman–Crippen LogP) is 2.83. The first kappa shape index (κ1) is 20.3. The molecule has 6 heteroatoms. The minimum atomic E-state index is -0.507. The second kappa shape index (κ2) is 8.83. The molecule has 0 saturated heterocycles. The highest BCUT2D eigenvalue weighted by Gasteiger charge is 2.31. The Hall–Kier alpha value is -3.93. The summed E-state index contributed by atoms with van der Waals surface area (Å²) in [7, 11) is 0. The lowest BCUT2D eigenvalue weighted by atomic mass is 9.89. The summed E-state index contributed by atoms with van der Waals surface area (Å²) in [6.45, 7) is 3.92. The summed E-state index contributed by atoms with van der Waals surface area (Å²) in [4.78, 5) is 37.1. The number of carbonyl (C=O) groups is 3. The molecule has 0 fully saturated rings. The highest BCUT2D eigenvalue weighted by molar-refractivity contribution is 6.00. The van der Waals surface area contributed by atoms with Gasteiger partial charge in [-0.05, 0) is 40.1 Å². The van der Waals surface area contributed by atoms with Gasteiger partial charge in [-0.1, -0.05) is 61.2 Å². The monoisotopic (exact) mass is 413 g/mol. The second-order valence-corrected chi connectivity index (χ2v) is 7.47. The average Bonchev–Trinajstić information content (AvgIpc) is 2.81. The summed E-state index contributed by atoms with van der Waals surface area (Å²) in [6, 6.07) is 20.6. The van der Waals surface area contributed by atoms with Crippen LogP contribution in [0.3, 0.4) is 0 Å². The maximum absolute atomic E-state index is 13.2. The minimum Gasteiger partial charge on any atom is -0.351 e. The Bertz CT molecular complexity index is 1170. The molecule has 2 atom stereocenters. The highest BCUT2D eigenvalue weighted by atomic mass is 16.2. The van der Waals surface area contributed by atoms with Gasteiger partial charge in [0.2, 0.25) is 11.8 Å². The predicted molar refractivity (Wildman–Crippen MR) is 120 cm³/mol. The van der Waals surface area contributed by atoms with Crippen LogP contribution in [0.15, 0.2) is 79.4 Å². The largest absolute Gasteiger partial charge is 0.351 e. The summed E-state index contributed by atoms with van der Waals surface area (Å²) in [5, 5.41) is 10.8. The van der Waals surface area contributed by atoms with Crippen LogP contribution in [0.5, 0.6) is 0 Å². The van der Waals surface area contributed by atoms with Crippen molar-refractivity contribution < 1.29 is 14.4 Å². The van der Waals surface area contributed by atoms with Gasteiger partial charge in [0, 0.05) is 18.7 Å². The lowest BCUT2D eigenvalue weighted by Crippen LogP contribution is -2.45. The molecular formula is C25H23N3O3. The normalized spacial score (nSPS) is 16.0. The number of benzene rings is 3. The molecule has 0 radical (unpaired) electrons. The Morgan fingerprint density at radius 2 is 1.81 bits per heavy atom. The van der Waals surface area contributed by atoms with Crippen LogP contribution in [0.2, 0.25) is 0 Å². The van der Waals surface area contributed by atoms with Crippen LogP contribution < -0.4 is 16.0 Å². The molecule has 1 aliphatic heterocycles. The topological polar surface area (TPSA) is 87.3 Å². The van der Waals surface area contributed by atoms with E-state index in [9.17, 15) is 14.4 Å². The van der Waals surface area contributed by atoms with E-state index >= 15 is 0 Å². The summed E-state index contributed by atoms with van der Waals surface area (Å²) >= 11 is 0. The van der Waals surface area contributed by atoms with E-state index in [2.05, 4.69) is 22.5 Å². The zero-order valence-corrected chi connectivity index (χ0v) is 16.9. The number of carbonyl (C=O) groups excluding carboxylic acids is 3. The molecule has 1 heterocycles. The van der Waals surface area contributed by atoms with Gasteiger partial charge in [-0.25, -0.2) is 0 Å². The quantitative estimate of drug-likeness (QED) is 0.543. The van der Waals surface area contributed by atoms with Crippen molar-refractivity contribution in [3.05, 3.63) is 96.1 Å². The number of hydrogen-bond acceptors (Lipinski definition) is 3. The molecule has 0 aromatic heterocycles. The maximum atomic E-state index is 13.2. The molecule has 31 heavy (non-hydrogen) atoms. The second-order valence-electron chi connectivity index (χ2n) is 7.47. The third kappa shape index (κ3) is 4.33.